The van der Waals surface area contributed by atoms with Gasteiger partial charge in [0.15, 0.2) is 11.5 Å². The largest absolute Gasteiger partial charge is 0.493 e. The van der Waals surface area contributed by atoms with Crippen LogP contribution in [0.15, 0.2) is 101 Å². The van der Waals surface area contributed by atoms with E-state index in [1.165, 1.54) is 5.56 Å². The molecule has 0 saturated carbocycles. The lowest BCUT2D eigenvalue weighted by Crippen LogP contribution is -1.98. The number of methoxy groups -OCH3 is 1. The molecule has 0 amide bonds. The summed E-state index contributed by atoms with van der Waals surface area (Å²) in [4.78, 5) is 5.97. The Balaban J connectivity index is 1.89. The molecule has 142 valence electrons. The summed E-state index contributed by atoms with van der Waals surface area (Å²) in [6.45, 7) is 4.07. The summed E-state index contributed by atoms with van der Waals surface area (Å²) in [5.41, 5.74) is 3.05. The fraction of sp³-hybridized carbons (Fsp3) is 0.125. The number of para-hydroxylation sites is 2. The maximum atomic E-state index is 5.88. The van der Waals surface area contributed by atoms with Gasteiger partial charge in [-0.15, -0.1) is 0 Å². The summed E-state index contributed by atoms with van der Waals surface area (Å²) in [6, 6.07) is 26.0. The fourth-order valence-electron chi connectivity index (χ4n) is 2.45. The number of aliphatic imine (C=N–C) groups is 1. The van der Waals surface area contributed by atoms with Gasteiger partial charge in [-0.05, 0) is 50.2 Å². The Morgan fingerprint density at radius 1 is 0.857 bits per heavy atom. The molecule has 0 fully saturated rings. The van der Waals surface area contributed by atoms with Gasteiger partial charge in [-0.25, -0.2) is 4.99 Å². The first-order valence-corrected chi connectivity index (χ1v) is 9.82. The molecule has 0 atom stereocenters. The minimum atomic E-state index is 0.670. The highest BCUT2D eigenvalue weighted by atomic mass is 32.2. The quantitative estimate of drug-likeness (QED) is 0.201. The van der Waals surface area contributed by atoms with Gasteiger partial charge in [0.2, 0.25) is 0 Å². The van der Waals surface area contributed by atoms with E-state index >= 15 is 0 Å². The highest BCUT2D eigenvalue weighted by molar-refractivity contribution is 8.14. The number of hydrogen-bond acceptors (Lipinski definition) is 4. The number of benzene rings is 3. The molecule has 3 nitrogen and oxygen atoms in total. The number of rotatable bonds is 6. The molecule has 3 aromatic carbocycles. The Morgan fingerprint density at radius 3 is 2.18 bits per heavy atom. The highest BCUT2D eigenvalue weighted by Crippen LogP contribution is 2.29. The van der Waals surface area contributed by atoms with Crippen LogP contribution in [-0.4, -0.2) is 12.2 Å². The maximum absolute atomic E-state index is 5.88. The van der Waals surface area contributed by atoms with Gasteiger partial charge in [0.05, 0.1) is 19.1 Å². The average molecular weight is 390 g/mol. The summed E-state index contributed by atoms with van der Waals surface area (Å²) in [6.07, 6.45) is 1.72. The molecule has 0 aromatic heterocycles. The van der Waals surface area contributed by atoms with Crippen LogP contribution >= 0.6 is 11.8 Å². The van der Waals surface area contributed by atoms with Crippen molar-refractivity contribution in [3.8, 4) is 11.5 Å². The van der Waals surface area contributed by atoms with Crippen molar-refractivity contribution in [2.75, 3.05) is 7.11 Å². The first kappa shape index (κ1) is 19.8. The topological polar surface area (TPSA) is 30.8 Å². The first-order valence-electron chi connectivity index (χ1n) is 9.01. The third kappa shape index (κ3) is 5.51. The van der Waals surface area contributed by atoms with E-state index in [0.29, 0.717) is 11.5 Å². The van der Waals surface area contributed by atoms with E-state index < -0.39 is 0 Å². The average Bonchev–Trinajstić information content (AvgIpc) is 2.74. The Labute approximate surface area is 170 Å². The molecular weight excluding hydrogens is 366 g/mol. The van der Waals surface area contributed by atoms with E-state index in [2.05, 4.69) is 31.2 Å². The third-order valence-electron chi connectivity index (χ3n) is 3.99. The first-order chi connectivity index (χ1) is 13.7. The number of nitrogens with zero attached hydrogens (tertiary/aromatic N) is 1. The summed E-state index contributed by atoms with van der Waals surface area (Å²) >= 11 is 1.61. The van der Waals surface area contributed by atoms with Gasteiger partial charge in [0.25, 0.3) is 0 Å². The number of thioether (sulfide) groups is 1. The molecule has 0 unspecified atom stereocenters. The van der Waals surface area contributed by atoms with Gasteiger partial charge in [-0.2, -0.15) is 0 Å². The van der Waals surface area contributed by atoms with Gasteiger partial charge < -0.3 is 9.47 Å². The number of aryl methyl sites for hydroxylation is 1. The molecule has 0 spiro atoms. The Hall–Kier alpha value is -2.98. The van der Waals surface area contributed by atoms with Crippen LogP contribution in [0.2, 0.25) is 0 Å². The monoisotopic (exact) mass is 389 g/mol. The van der Waals surface area contributed by atoms with Gasteiger partial charge in [-0.3, -0.25) is 0 Å². The van der Waals surface area contributed by atoms with Crippen LogP contribution < -0.4 is 9.47 Å². The van der Waals surface area contributed by atoms with Gasteiger partial charge in [0.1, 0.15) is 5.04 Å². The summed E-state index contributed by atoms with van der Waals surface area (Å²) < 4.78 is 11.2. The SMILES string of the molecule is COc1ccccc1O/C=C(\C)C(=Nc1ccc(C)cc1)Sc1ccccc1. The second-order valence-corrected chi connectivity index (χ2v) is 7.30. The van der Waals surface area contributed by atoms with E-state index in [1.807, 2.05) is 61.5 Å². The van der Waals surface area contributed by atoms with Crippen molar-refractivity contribution in [2.45, 2.75) is 18.7 Å². The summed E-state index contributed by atoms with van der Waals surface area (Å²) in [5, 5.41) is 0.880. The lowest BCUT2D eigenvalue weighted by molar-refractivity contribution is 0.377. The minimum Gasteiger partial charge on any atom is -0.493 e. The highest BCUT2D eigenvalue weighted by Gasteiger charge is 2.08. The van der Waals surface area contributed by atoms with Crippen LogP contribution in [0.25, 0.3) is 0 Å². The molecule has 0 radical (unpaired) electrons. The zero-order chi connectivity index (χ0) is 19.8. The predicted molar refractivity (Wildman–Crippen MR) is 118 cm³/mol. The van der Waals surface area contributed by atoms with Gasteiger partial charge >= 0.3 is 0 Å². The van der Waals surface area contributed by atoms with Crippen LogP contribution in [0.3, 0.4) is 0 Å². The lowest BCUT2D eigenvalue weighted by atomic mass is 10.2. The maximum Gasteiger partial charge on any atom is 0.168 e. The predicted octanol–water partition coefficient (Wildman–Crippen LogP) is 6.81. The Kier molecular flexibility index (Phi) is 6.93. The van der Waals surface area contributed by atoms with E-state index in [-0.39, 0.29) is 0 Å². The van der Waals surface area contributed by atoms with Crippen LogP contribution in [0, 0.1) is 6.92 Å². The molecule has 3 rings (SSSR count). The zero-order valence-corrected chi connectivity index (χ0v) is 17.1. The normalized spacial score (nSPS) is 12.0. The van der Waals surface area contributed by atoms with Crippen molar-refractivity contribution in [3.05, 3.63) is 96.3 Å². The summed E-state index contributed by atoms with van der Waals surface area (Å²) in [7, 11) is 1.63. The molecule has 0 heterocycles. The van der Waals surface area contributed by atoms with E-state index in [1.54, 1.807) is 25.1 Å². The molecule has 28 heavy (non-hydrogen) atoms. The van der Waals surface area contributed by atoms with Crippen molar-refractivity contribution in [1.82, 2.24) is 0 Å². The molecule has 4 heteroatoms. The molecule has 0 saturated heterocycles. The van der Waals surface area contributed by atoms with Crippen molar-refractivity contribution < 1.29 is 9.47 Å². The molecule has 0 N–H and O–H groups in total. The second-order valence-electron chi connectivity index (χ2n) is 6.24. The minimum absolute atomic E-state index is 0.670. The molecule has 0 aliphatic rings. The van der Waals surface area contributed by atoms with Crippen LogP contribution in [0.4, 0.5) is 5.69 Å². The smallest absolute Gasteiger partial charge is 0.168 e. The molecule has 3 aromatic rings. The number of ether oxygens (including phenoxy) is 2. The second kappa shape index (κ2) is 9.81. The van der Waals surface area contributed by atoms with Crippen LogP contribution in [0.1, 0.15) is 12.5 Å². The molecule has 0 aliphatic carbocycles. The van der Waals surface area contributed by atoms with Crippen molar-refractivity contribution in [3.63, 3.8) is 0 Å². The van der Waals surface area contributed by atoms with E-state index in [4.69, 9.17) is 14.5 Å². The Morgan fingerprint density at radius 2 is 1.50 bits per heavy atom. The van der Waals surface area contributed by atoms with E-state index in [9.17, 15) is 0 Å². The Bertz CT molecular complexity index is 963. The summed E-state index contributed by atoms with van der Waals surface area (Å²) in [5.74, 6) is 1.36. The lowest BCUT2D eigenvalue weighted by Gasteiger charge is -2.10. The number of hydrogen-bond donors (Lipinski definition) is 0. The molecule has 0 aliphatic heterocycles. The van der Waals surface area contributed by atoms with Crippen LogP contribution in [0.5, 0.6) is 11.5 Å². The third-order valence-corrected chi connectivity index (χ3v) is 5.11. The van der Waals surface area contributed by atoms with Gasteiger partial charge in [0, 0.05) is 10.5 Å². The van der Waals surface area contributed by atoms with Gasteiger partial charge in [-0.1, -0.05) is 59.8 Å². The van der Waals surface area contributed by atoms with Crippen molar-refractivity contribution >= 4 is 22.5 Å². The van der Waals surface area contributed by atoms with Crippen molar-refractivity contribution in [1.29, 1.82) is 0 Å². The van der Waals surface area contributed by atoms with Crippen LogP contribution in [-0.2, 0) is 0 Å². The molecular formula is C24H23NO2S. The van der Waals surface area contributed by atoms with Crippen molar-refractivity contribution in [2.24, 2.45) is 4.99 Å². The standard InChI is InChI=1S/C24H23NO2S/c1-18-13-15-20(16-14-18)25-24(28-21-9-5-4-6-10-21)19(2)17-27-23-12-8-7-11-22(23)26-3/h4-17H,1-3H3/b19-17+,25-24?. The zero-order valence-electron chi connectivity index (χ0n) is 16.3. The fourth-order valence-corrected chi connectivity index (χ4v) is 3.32. The molecule has 0 bridgehead atoms. The van der Waals surface area contributed by atoms with E-state index in [0.717, 1.165) is 21.2 Å².